The van der Waals surface area contributed by atoms with Gasteiger partial charge in [0.05, 0.1) is 0 Å². The van der Waals surface area contributed by atoms with E-state index in [-0.39, 0.29) is 6.03 Å². The number of rotatable bonds is 1. The van der Waals surface area contributed by atoms with Crippen LogP contribution in [0.1, 0.15) is 12.8 Å². The summed E-state index contributed by atoms with van der Waals surface area (Å²) in [6.07, 6.45) is 6.77. The Balaban J connectivity index is 1.33. The number of fused-ring (bicyclic) bond motifs is 1. The molecule has 1 aromatic rings. The van der Waals surface area contributed by atoms with E-state index in [4.69, 9.17) is 0 Å². The molecule has 0 aromatic carbocycles. The summed E-state index contributed by atoms with van der Waals surface area (Å²) >= 11 is 1.74. The van der Waals surface area contributed by atoms with E-state index in [0.29, 0.717) is 24.4 Å². The molecule has 5 heteroatoms. The van der Waals surface area contributed by atoms with E-state index in [1.807, 2.05) is 11.1 Å². The number of hydrogen-bond acceptors (Lipinski definition) is 3. The third-order valence-electron chi connectivity index (χ3n) is 5.84. The average Bonchev–Trinajstić information content (AvgIpc) is 2.97. The highest BCUT2D eigenvalue weighted by atomic mass is 32.1. The van der Waals surface area contributed by atoms with Gasteiger partial charge in [0.15, 0.2) is 0 Å². The maximum absolute atomic E-state index is 12.7. The molecular formula is C17H21N3OS. The van der Waals surface area contributed by atoms with Crippen molar-refractivity contribution in [3.8, 4) is 0 Å². The fourth-order valence-electron chi connectivity index (χ4n) is 5.02. The molecule has 4 nitrogen and oxygen atoms in total. The summed E-state index contributed by atoms with van der Waals surface area (Å²) in [6.45, 7) is 4.35. The van der Waals surface area contributed by atoms with Crippen LogP contribution >= 0.6 is 11.3 Å². The predicted molar refractivity (Wildman–Crippen MR) is 87.7 cm³/mol. The summed E-state index contributed by atoms with van der Waals surface area (Å²) in [5, 5.41) is 6.62. The van der Waals surface area contributed by atoms with Crippen molar-refractivity contribution in [3.05, 3.63) is 21.2 Å². The molecule has 0 spiro atoms. The van der Waals surface area contributed by atoms with Crippen LogP contribution in [0, 0.1) is 17.8 Å². The van der Waals surface area contributed by atoms with Crippen LogP contribution in [-0.2, 0) is 0 Å². The maximum Gasteiger partial charge on any atom is 0.321 e. The lowest BCUT2D eigenvalue weighted by Crippen LogP contribution is -2.65. The number of carbonyl (C=O) groups is 1. The Morgan fingerprint density at radius 2 is 2.05 bits per heavy atom. The molecule has 4 aliphatic heterocycles. The third kappa shape index (κ3) is 2.02. The number of thiophene rings is 1. The number of amides is 2. The van der Waals surface area contributed by atoms with Gasteiger partial charge in [0.1, 0.15) is 0 Å². The number of piperidine rings is 3. The Hall–Kier alpha value is -1.33. The molecule has 22 heavy (non-hydrogen) atoms. The highest BCUT2D eigenvalue weighted by Crippen LogP contribution is 2.43. The van der Waals surface area contributed by atoms with Crippen molar-refractivity contribution >= 4 is 29.6 Å². The second-order valence-electron chi connectivity index (χ2n) is 7.28. The molecule has 3 unspecified atom stereocenters. The minimum absolute atomic E-state index is 0.0839. The zero-order valence-corrected chi connectivity index (χ0v) is 13.4. The van der Waals surface area contributed by atoms with Crippen LogP contribution in [-0.4, -0.2) is 48.1 Å². The molecule has 2 amide bonds. The fourth-order valence-corrected chi connectivity index (χ4v) is 5.80. The van der Waals surface area contributed by atoms with E-state index in [0.717, 1.165) is 5.92 Å². The van der Waals surface area contributed by atoms with Crippen molar-refractivity contribution in [2.24, 2.45) is 17.8 Å². The zero-order valence-electron chi connectivity index (χ0n) is 12.6. The third-order valence-corrected chi connectivity index (χ3v) is 6.76. The lowest BCUT2D eigenvalue weighted by atomic mass is 9.65. The van der Waals surface area contributed by atoms with E-state index >= 15 is 0 Å². The van der Waals surface area contributed by atoms with E-state index in [1.54, 1.807) is 11.3 Å². The summed E-state index contributed by atoms with van der Waals surface area (Å²) in [5.41, 5.74) is 0. The first-order valence-electron chi connectivity index (χ1n) is 8.31. The quantitative estimate of drug-likeness (QED) is 0.825. The summed E-state index contributed by atoms with van der Waals surface area (Å²) in [6, 6.07) is 2.56. The summed E-state index contributed by atoms with van der Waals surface area (Å²) in [7, 11) is 0. The maximum atomic E-state index is 12.7. The highest BCUT2D eigenvalue weighted by Gasteiger charge is 2.48. The monoisotopic (exact) mass is 315 g/mol. The van der Waals surface area contributed by atoms with Gasteiger partial charge in [-0.1, -0.05) is 0 Å². The highest BCUT2D eigenvalue weighted by molar-refractivity contribution is 7.07. The van der Waals surface area contributed by atoms with Gasteiger partial charge in [-0.15, -0.1) is 11.3 Å². The fraction of sp³-hybridized carbons (Fsp3) is 0.588. The largest absolute Gasteiger partial charge is 0.334 e. The molecule has 4 bridgehead atoms. The van der Waals surface area contributed by atoms with Crippen LogP contribution < -0.4 is 15.1 Å². The Bertz CT molecular complexity index is 697. The molecular weight excluding hydrogens is 294 g/mol. The second kappa shape index (κ2) is 4.83. The second-order valence-corrected chi connectivity index (χ2v) is 8.22. The van der Waals surface area contributed by atoms with Crippen molar-refractivity contribution in [2.75, 3.05) is 26.2 Å². The SMILES string of the molecule is O=C(NC1[C@@H]2CC3C[C@H]1CN(C3)C2)N1C=c2ccsc2=CC1. The first-order chi connectivity index (χ1) is 10.8. The van der Waals surface area contributed by atoms with E-state index < -0.39 is 0 Å². The molecule has 0 radical (unpaired) electrons. The van der Waals surface area contributed by atoms with Crippen LogP contribution in [0.5, 0.6) is 0 Å². The van der Waals surface area contributed by atoms with Crippen molar-refractivity contribution in [1.82, 2.24) is 15.1 Å². The van der Waals surface area contributed by atoms with Crippen LogP contribution in [0.25, 0.3) is 12.3 Å². The van der Waals surface area contributed by atoms with Crippen LogP contribution in [0.15, 0.2) is 11.4 Å². The molecule has 5 atom stereocenters. The molecule has 5 aliphatic rings. The molecule has 1 aromatic heterocycles. The molecule has 1 aliphatic carbocycles. The summed E-state index contributed by atoms with van der Waals surface area (Å²) < 4.78 is 1.28. The normalized spacial score (nSPS) is 38.2. The molecule has 6 rings (SSSR count). The summed E-state index contributed by atoms with van der Waals surface area (Å²) in [5.74, 6) is 2.22. The van der Waals surface area contributed by atoms with Crippen molar-refractivity contribution in [1.29, 1.82) is 0 Å². The van der Waals surface area contributed by atoms with Crippen molar-refractivity contribution < 1.29 is 4.79 Å². The number of nitrogens with zero attached hydrogens (tertiary/aromatic N) is 2. The van der Waals surface area contributed by atoms with Gasteiger partial charge in [-0.25, -0.2) is 4.79 Å². The number of urea groups is 1. The zero-order chi connectivity index (χ0) is 14.7. The van der Waals surface area contributed by atoms with E-state index in [1.165, 1.54) is 42.2 Å². The van der Waals surface area contributed by atoms with Gasteiger partial charge < -0.3 is 10.2 Å². The van der Waals surface area contributed by atoms with E-state index in [2.05, 4.69) is 27.7 Å². The minimum Gasteiger partial charge on any atom is -0.334 e. The molecule has 4 fully saturated rings. The minimum atomic E-state index is 0.0839. The number of carbonyl (C=O) groups excluding carboxylic acids is 1. The smallest absolute Gasteiger partial charge is 0.321 e. The van der Waals surface area contributed by atoms with Crippen molar-refractivity contribution in [2.45, 2.75) is 18.9 Å². The average molecular weight is 315 g/mol. The molecule has 1 saturated carbocycles. The van der Waals surface area contributed by atoms with Crippen LogP contribution in [0.2, 0.25) is 0 Å². The van der Waals surface area contributed by atoms with Gasteiger partial charge in [0.2, 0.25) is 0 Å². The van der Waals surface area contributed by atoms with Gasteiger partial charge in [-0.3, -0.25) is 4.90 Å². The molecule has 3 saturated heterocycles. The van der Waals surface area contributed by atoms with Crippen LogP contribution in [0.3, 0.4) is 0 Å². The lowest BCUT2D eigenvalue weighted by molar-refractivity contribution is -0.0411. The topological polar surface area (TPSA) is 35.6 Å². The van der Waals surface area contributed by atoms with Crippen molar-refractivity contribution in [3.63, 3.8) is 0 Å². The first kappa shape index (κ1) is 13.1. The lowest BCUT2D eigenvalue weighted by Gasteiger charge is -2.56. The molecule has 1 N–H and O–H groups in total. The summed E-state index contributed by atoms with van der Waals surface area (Å²) in [4.78, 5) is 17.1. The van der Waals surface area contributed by atoms with Gasteiger partial charge in [0, 0.05) is 48.2 Å². The molecule has 116 valence electrons. The van der Waals surface area contributed by atoms with Crippen LogP contribution in [0.4, 0.5) is 4.79 Å². The first-order valence-corrected chi connectivity index (χ1v) is 9.19. The Labute approximate surface area is 134 Å². The number of nitrogens with one attached hydrogen (secondary N) is 1. The van der Waals surface area contributed by atoms with Gasteiger partial charge >= 0.3 is 6.03 Å². The van der Waals surface area contributed by atoms with Gasteiger partial charge in [-0.05, 0) is 48.1 Å². The predicted octanol–water partition coefficient (Wildman–Crippen LogP) is 0.632. The Kier molecular flexibility index (Phi) is 2.89. The Morgan fingerprint density at radius 3 is 2.82 bits per heavy atom. The van der Waals surface area contributed by atoms with Gasteiger partial charge in [-0.2, -0.15) is 0 Å². The Morgan fingerprint density at radius 1 is 1.23 bits per heavy atom. The standard InChI is InChI=1S/C17H21N3OS/c21-17(20-3-1-15-12(10-20)2-4-22-15)18-16-13-5-11-6-14(16)9-19(7-11)8-13/h1-2,4,10-11,13-14,16H,3,5-9H2,(H,18,21)/t11?,13-,14+,16?. The van der Waals surface area contributed by atoms with Gasteiger partial charge in [0.25, 0.3) is 0 Å². The van der Waals surface area contributed by atoms with E-state index in [9.17, 15) is 4.79 Å². The molecule has 5 heterocycles. The number of hydrogen-bond donors (Lipinski definition) is 1.